The predicted octanol–water partition coefficient (Wildman–Crippen LogP) is 4.60. The third-order valence-corrected chi connectivity index (χ3v) is 4.19. The first-order valence-electron chi connectivity index (χ1n) is 6.28. The number of nitrogens with zero attached hydrogens (tertiary/aromatic N) is 1. The van der Waals surface area contributed by atoms with Crippen molar-refractivity contribution in [3.63, 3.8) is 0 Å². The lowest BCUT2D eigenvalue weighted by Gasteiger charge is -2.15. The molecule has 2 aromatic carbocycles. The van der Waals surface area contributed by atoms with Crippen molar-refractivity contribution in [2.75, 3.05) is 4.90 Å². The Morgan fingerprint density at radius 3 is 2.32 bits per heavy atom. The number of rotatable bonds is 2. The molecule has 1 aliphatic rings. The van der Waals surface area contributed by atoms with Crippen molar-refractivity contribution in [2.45, 2.75) is 0 Å². The summed E-state index contributed by atoms with van der Waals surface area (Å²) in [5.41, 5.74) is 1.23. The molecule has 0 bridgehead atoms. The second-order valence-electron chi connectivity index (χ2n) is 4.65. The molecule has 0 spiro atoms. The van der Waals surface area contributed by atoms with Crippen molar-refractivity contribution in [1.29, 1.82) is 0 Å². The van der Waals surface area contributed by atoms with Gasteiger partial charge in [0.15, 0.2) is 0 Å². The zero-order valence-electron chi connectivity index (χ0n) is 11.0. The maximum Gasteiger partial charge on any atom is 0.266 e. The summed E-state index contributed by atoms with van der Waals surface area (Å²) in [6.45, 7) is 0. The van der Waals surface area contributed by atoms with Crippen molar-refractivity contribution >= 4 is 57.9 Å². The van der Waals surface area contributed by atoms with Gasteiger partial charge in [-0.25, -0.2) is 4.90 Å². The number of hydrogen-bond acceptors (Lipinski definition) is 2. The molecule has 0 aromatic heterocycles. The average Bonchev–Trinajstić information content (AvgIpc) is 2.77. The molecule has 0 atom stereocenters. The number of halogens is 3. The minimum atomic E-state index is -0.425. The first kappa shape index (κ1) is 15.1. The lowest BCUT2D eigenvalue weighted by atomic mass is 10.1. The van der Waals surface area contributed by atoms with Crippen LogP contribution in [0.5, 0.6) is 0 Å². The Morgan fingerprint density at radius 1 is 0.864 bits per heavy atom. The van der Waals surface area contributed by atoms with E-state index >= 15 is 0 Å². The molecular weight excluding hydrogens is 345 g/mol. The summed E-state index contributed by atoms with van der Waals surface area (Å²) in [5, 5.41) is 1.15. The normalized spacial score (nSPS) is 14.5. The molecule has 110 valence electrons. The standard InChI is InChI=1S/C16H8Cl3NO2/c17-10-2-1-3-11(7-10)20-15(21)8-12(16(20)22)9-4-5-13(18)14(19)6-9/h1-8H. The van der Waals surface area contributed by atoms with Crippen LogP contribution in [0.4, 0.5) is 5.69 Å². The molecule has 0 N–H and O–H groups in total. The molecule has 3 rings (SSSR count). The van der Waals surface area contributed by atoms with Crippen LogP contribution >= 0.6 is 34.8 Å². The summed E-state index contributed by atoms with van der Waals surface area (Å²) < 4.78 is 0. The first-order valence-corrected chi connectivity index (χ1v) is 7.42. The predicted molar refractivity (Wildman–Crippen MR) is 88.4 cm³/mol. The van der Waals surface area contributed by atoms with Gasteiger partial charge in [-0.1, -0.05) is 46.9 Å². The molecule has 0 saturated heterocycles. The Bertz CT molecular complexity index is 830. The van der Waals surface area contributed by atoms with Gasteiger partial charge >= 0.3 is 0 Å². The zero-order chi connectivity index (χ0) is 15.9. The highest BCUT2D eigenvalue weighted by Gasteiger charge is 2.33. The first-order chi connectivity index (χ1) is 10.5. The largest absolute Gasteiger partial charge is 0.269 e. The maximum atomic E-state index is 12.5. The summed E-state index contributed by atoms with van der Waals surface area (Å²) in [4.78, 5) is 25.8. The summed E-state index contributed by atoms with van der Waals surface area (Å²) in [6.07, 6.45) is 1.28. The van der Waals surface area contributed by atoms with Gasteiger partial charge < -0.3 is 0 Å². The van der Waals surface area contributed by atoms with Gasteiger partial charge in [-0.3, -0.25) is 9.59 Å². The van der Waals surface area contributed by atoms with Gasteiger partial charge in [-0.15, -0.1) is 0 Å². The van der Waals surface area contributed by atoms with Crippen LogP contribution in [-0.4, -0.2) is 11.8 Å². The summed E-state index contributed by atoms with van der Waals surface area (Å²) >= 11 is 17.7. The van der Waals surface area contributed by atoms with E-state index in [0.717, 1.165) is 4.90 Å². The van der Waals surface area contributed by atoms with Crippen LogP contribution in [0.15, 0.2) is 48.5 Å². The number of carbonyl (C=O) groups is 2. The van der Waals surface area contributed by atoms with Crippen LogP contribution in [0.3, 0.4) is 0 Å². The zero-order valence-corrected chi connectivity index (χ0v) is 13.3. The number of imide groups is 1. The molecule has 0 aliphatic carbocycles. The highest BCUT2D eigenvalue weighted by Crippen LogP contribution is 2.32. The van der Waals surface area contributed by atoms with Crippen molar-refractivity contribution in [2.24, 2.45) is 0 Å². The van der Waals surface area contributed by atoms with Gasteiger partial charge in [-0.05, 0) is 35.9 Å². The smallest absolute Gasteiger partial charge is 0.266 e. The Labute approximate surface area is 141 Å². The SMILES string of the molecule is O=C1C=C(c2ccc(Cl)c(Cl)c2)C(=O)N1c1cccc(Cl)c1. The molecule has 2 aromatic rings. The maximum absolute atomic E-state index is 12.5. The van der Waals surface area contributed by atoms with Gasteiger partial charge in [-0.2, -0.15) is 0 Å². The Hall–Kier alpha value is -1.81. The van der Waals surface area contributed by atoms with Gasteiger partial charge in [0, 0.05) is 11.1 Å². The number of anilines is 1. The molecule has 3 nitrogen and oxygen atoms in total. The quantitative estimate of drug-likeness (QED) is 0.741. The number of carbonyl (C=O) groups excluding carboxylic acids is 2. The molecule has 0 unspecified atom stereocenters. The average molecular weight is 353 g/mol. The minimum absolute atomic E-state index is 0.267. The fourth-order valence-electron chi connectivity index (χ4n) is 2.20. The Balaban J connectivity index is 2.00. The number of benzene rings is 2. The summed E-state index contributed by atoms with van der Waals surface area (Å²) in [7, 11) is 0. The molecule has 0 radical (unpaired) electrons. The molecule has 6 heteroatoms. The molecule has 0 saturated carbocycles. The minimum Gasteiger partial charge on any atom is -0.269 e. The molecule has 2 amide bonds. The highest BCUT2D eigenvalue weighted by molar-refractivity contribution is 6.45. The van der Waals surface area contributed by atoms with E-state index in [2.05, 4.69) is 0 Å². The van der Waals surface area contributed by atoms with Crippen molar-refractivity contribution in [3.8, 4) is 0 Å². The fraction of sp³-hybridized carbons (Fsp3) is 0. The summed E-state index contributed by atoms with van der Waals surface area (Å²) in [5.74, 6) is -0.848. The van der Waals surface area contributed by atoms with Gasteiger partial charge in [0.25, 0.3) is 11.8 Å². The summed E-state index contributed by atoms with van der Waals surface area (Å²) in [6, 6.07) is 11.3. The van der Waals surface area contributed by atoms with E-state index in [1.54, 1.807) is 42.5 Å². The van der Waals surface area contributed by atoms with Crippen LogP contribution in [0, 0.1) is 0 Å². The lowest BCUT2D eigenvalue weighted by molar-refractivity contribution is -0.119. The third kappa shape index (κ3) is 2.63. The van der Waals surface area contributed by atoms with E-state index in [1.807, 2.05) is 0 Å². The second-order valence-corrected chi connectivity index (χ2v) is 5.90. The van der Waals surface area contributed by atoms with Crippen LogP contribution in [-0.2, 0) is 9.59 Å². The van der Waals surface area contributed by atoms with E-state index in [0.29, 0.717) is 26.3 Å². The van der Waals surface area contributed by atoms with Crippen molar-refractivity contribution in [1.82, 2.24) is 0 Å². The van der Waals surface area contributed by atoms with Gasteiger partial charge in [0.05, 0.1) is 21.3 Å². The van der Waals surface area contributed by atoms with Gasteiger partial charge in [0.1, 0.15) is 0 Å². The third-order valence-electron chi connectivity index (χ3n) is 3.22. The fourth-order valence-corrected chi connectivity index (χ4v) is 2.68. The van der Waals surface area contributed by atoms with Crippen LogP contribution in [0.2, 0.25) is 15.1 Å². The highest BCUT2D eigenvalue weighted by atomic mass is 35.5. The molecular formula is C16H8Cl3NO2. The van der Waals surface area contributed by atoms with Crippen molar-refractivity contribution in [3.05, 3.63) is 69.2 Å². The van der Waals surface area contributed by atoms with E-state index in [1.165, 1.54) is 6.08 Å². The molecule has 1 heterocycles. The molecule has 0 fully saturated rings. The molecule has 22 heavy (non-hydrogen) atoms. The van der Waals surface area contributed by atoms with Gasteiger partial charge in [0.2, 0.25) is 0 Å². The number of amides is 2. The second kappa shape index (κ2) is 5.76. The monoisotopic (exact) mass is 351 g/mol. The molecule has 1 aliphatic heterocycles. The van der Waals surface area contributed by atoms with Crippen LogP contribution in [0.25, 0.3) is 5.57 Å². The Morgan fingerprint density at radius 2 is 1.64 bits per heavy atom. The van der Waals surface area contributed by atoms with E-state index in [4.69, 9.17) is 34.8 Å². The van der Waals surface area contributed by atoms with Crippen LogP contribution in [0.1, 0.15) is 5.56 Å². The van der Waals surface area contributed by atoms with E-state index < -0.39 is 11.8 Å². The van der Waals surface area contributed by atoms with E-state index in [9.17, 15) is 9.59 Å². The topological polar surface area (TPSA) is 37.4 Å². The van der Waals surface area contributed by atoms with Crippen LogP contribution < -0.4 is 4.90 Å². The number of hydrogen-bond donors (Lipinski definition) is 0. The van der Waals surface area contributed by atoms with Crippen molar-refractivity contribution < 1.29 is 9.59 Å². The Kier molecular flexibility index (Phi) is 3.96. The van der Waals surface area contributed by atoms with E-state index in [-0.39, 0.29) is 5.57 Å². The lowest BCUT2D eigenvalue weighted by Crippen LogP contribution is -2.30.